The van der Waals surface area contributed by atoms with E-state index >= 15 is 0 Å². The van der Waals surface area contributed by atoms with E-state index in [1.54, 1.807) is 24.3 Å². The molecule has 4 N–H and O–H groups in total. The molecule has 2 unspecified atom stereocenters. The number of benzene rings is 2. The lowest BCUT2D eigenvalue weighted by Crippen LogP contribution is -2.30. The molecule has 0 aromatic heterocycles. The van der Waals surface area contributed by atoms with Gasteiger partial charge in [0.2, 0.25) is 5.82 Å². The molecule has 0 saturated carbocycles. The average molecular weight is 367 g/mol. The van der Waals surface area contributed by atoms with Crippen molar-refractivity contribution in [3.63, 3.8) is 0 Å². The van der Waals surface area contributed by atoms with Crippen molar-refractivity contribution in [2.75, 3.05) is 6.54 Å². The normalized spacial score (nSPS) is 13.1. The second-order valence-corrected chi connectivity index (χ2v) is 5.59. The summed E-state index contributed by atoms with van der Waals surface area (Å²) in [6.45, 7) is 0.0316. The van der Waals surface area contributed by atoms with Crippen LogP contribution in [0, 0.1) is 11.6 Å². The molecule has 0 aliphatic rings. The standard InChI is InChI=1S/C18H19F2NO5/c19-15-12(6-7-13(22)16(15)20)17(24)14(23)8-9-21-18(25)26-10-11-4-2-1-3-5-11/h1-7,14,17,22-24H,8-10H2,(H,21,25). The van der Waals surface area contributed by atoms with Gasteiger partial charge >= 0.3 is 6.09 Å². The van der Waals surface area contributed by atoms with Gasteiger partial charge in [-0.3, -0.25) is 0 Å². The Kier molecular flexibility index (Phi) is 6.88. The van der Waals surface area contributed by atoms with Crippen molar-refractivity contribution in [3.8, 4) is 5.75 Å². The second kappa shape index (κ2) is 9.12. The molecule has 6 nitrogen and oxygen atoms in total. The first kappa shape index (κ1) is 19.6. The number of carbonyl (C=O) groups excluding carboxylic acids is 1. The molecule has 26 heavy (non-hydrogen) atoms. The molecular formula is C18H19F2NO5. The Hall–Kier alpha value is -2.71. The summed E-state index contributed by atoms with van der Waals surface area (Å²) in [6, 6.07) is 10.9. The van der Waals surface area contributed by atoms with Crippen molar-refractivity contribution < 1.29 is 33.6 Å². The highest BCUT2D eigenvalue weighted by molar-refractivity contribution is 5.67. The first-order valence-electron chi connectivity index (χ1n) is 7.87. The Labute approximate surface area is 148 Å². The fourth-order valence-corrected chi connectivity index (χ4v) is 2.24. The van der Waals surface area contributed by atoms with Gasteiger partial charge in [0, 0.05) is 12.1 Å². The molecule has 0 spiro atoms. The van der Waals surface area contributed by atoms with Gasteiger partial charge in [-0.05, 0) is 24.1 Å². The minimum Gasteiger partial charge on any atom is -0.505 e. The summed E-state index contributed by atoms with van der Waals surface area (Å²) in [5, 5.41) is 31.2. The maximum atomic E-state index is 13.7. The number of hydrogen-bond acceptors (Lipinski definition) is 5. The number of halogens is 2. The van der Waals surface area contributed by atoms with Crippen molar-refractivity contribution in [1.82, 2.24) is 5.32 Å². The number of nitrogens with one attached hydrogen (secondary N) is 1. The van der Waals surface area contributed by atoms with Crippen LogP contribution in [-0.4, -0.2) is 34.1 Å². The third-order valence-corrected chi connectivity index (χ3v) is 3.70. The number of aliphatic hydroxyl groups excluding tert-OH is 2. The van der Waals surface area contributed by atoms with Crippen LogP contribution in [0.2, 0.25) is 0 Å². The zero-order valence-electron chi connectivity index (χ0n) is 13.7. The summed E-state index contributed by atoms with van der Waals surface area (Å²) >= 11 is 0. The quantitative estimate of drug-likeness (QED) is 0.602. The molecule has 1 amide bonds. The monoisotopic (exact) mass is 367 g/mol. The van der Waals surface area contributed by atoms with Gasteiger partial charge in [-0.1, -0.05) is 30.3 Å². The van der Waals surface area contributed by atoms with E-state index in [0.717, 1.165) is 17.7 Å². The van der Waals surface area contributed by atoms with Crippen LogP contribution in [0.5, 0.6) is 5.75 Å². The minimum atomic E-state index is -1.72. The van der Waals surface area contributed by atoms with E-state index in [0.29, 0.717) is 0 Å². The minimum absolute atomic E-state index is 0.0476. The molecule has 140 valence electrons. The largest absolute Gasteiger partial charge is 0.505 e. The van der Waals surface area contributed by atoms with Crippen LogP contribution in [0.3, 0.4) is 0 Å². The highest BCUT2D eigenvalue weighted by Crippen LogP contribution is 2.27. The first-order chi connectivity index (χ1) is 12.4. The van der Waals surface area contributed by atoms with Gasteiger partial charge in [0.15, 0.2) is 11.6 Å². The molecule has 0 bridgehead atoms. The number of rotatable bonds is 7. The smallest absolute Gasteiger partial charge is 0.407 e. The van der Waals surface area contributed by atoms with Crippen molar-refractivity contribution in [1.29, 1.82) is 0 Å². The lowest BCUT2D eigenvalue weighted by molar-refractivity contribution is 0.0112. The fourth-order valence-electron chi connectivity index (χ4n) is 2.24. The topological polar surface area (TPSA) is 99.0 Å². The molecule has 0 saturated heterocycles. The molecule has 2 aromatic rings. The number of phenols is 1. The molecule has 0 fully saturated rings. The predicted octanol–water partition coefficient (Wildman–Crippen LogP) is 2.38. The van der Waals surface area contributed by atoms with E-state index in [2.05, 4.69) is 5.32 Å². The predicted molar refractivity (Wildman–Crippen MR) is 88.2 cm³/mol. The summed E-state index contributed by atoms with van der Waals surface area (Å²) in [7, 11) is 0. The van der Waals surface area contributed by atoms with Crippen LogP contribution >= 0.6 is 0 Å². The molecule has 0 aliphatic heterocycles. The average Bonchev–Trinajstić information content (AvgIpc) is 2.65. The number of amides is 1. The summed E-state index contributed by atoms with van der Waals surface area (Å²) in [5.74, 6) is -3.83. The number of hydrogen-bond donors (Lipinski definition) is 4. The number of ether oxygens (including phenoxy) is 1. The van der Waals surface area contributed by atoms with Gasteiger partial charge in [0.1, 0.15) is 12.7 Å². The molecule has 2 rings (SSSR count). The van der Waals surface area contributed by atoms with Gasteiger partial charge in [-0.2, -0.15) is 4.39 Å². The Morgan fingerprint density at radius 2 is 1.77 bits per heavy atom. The van der Waals surface area contributed by atoms with Crippen molar-refractivity contribution >= 4 is 6.09 Å². The van der Waals surface area contributed by atoms with E-state index in [1.807, 2.05) is 6.07 Å². The molecule has 2 aromatic carbocycles. The van der Waals surface area contributed by atoms with Gasteiger partial charge in [0.25, 0.3) is 0 Å². The van der Waals surface area contributed by atoms with Crippen LogP contribution in [0.25, 0.3) is 0 Å². The molecular weight excluding hydrogens is 348 g/mol. The molecule has 0 radical (unpaired) electrons. The maximum Gasteiger partial charge on any atom is 0.407 e. The Balaban J connectivity index is 1.78. The molecule has 2 atom stereocenters. The summed E-state index contributed by atoms with van der Waals surface area (Å²) < 4.78 is 32.0. The van der Waals surface area contributed by atoms with Crippen LogP contribution in [-0.2, 0) is 11.3 Å². The van der Waals surface area contributed by atoms with Crippen LogP contribution in [0.4, 0.5) is 13.6 Å². The van der Waals surface area contributed by atoms with Gasteiger partial charge in [-0.25, -0.2) is 9.18 Å². The van der Waals surface area contributed by atoms with Crippen molar-refractivity contribution in [2.45, 2.75) is 25.2 Å². The van der Waals surface area contributed by atoms with Gasteiger partial charge < -0.3 is 25.4 Å². The van der Waals surface area contributed by atoms with E-state index in [9.17, 15) is 23.8 Å². The zero-order chi connectivity index (χ0) is 19.1. The Bertz CT molecular complexity index is 742. The SMILES string of the molecule is O=C(NCCC(O)C(O)c1ccc(O)c(F)c1F)OCc1ccccc1. The highest BCUT2D eigenvalue weighted by atomic mass is 19.2. The van der Waals surface area contributed by atoms with Crippen LogP contribution in [0.1, 0.15) is 23.7 Å². The Morgan fingerprint density at radius 1 is 1.08 bits per heavy atom. The second-order valence-electron chi connectivity index (χ2n) is 5.59. The van der Waals surface area contributed by atoms with Crippen molar-refractivity contribution in [3.05, 3.63) is 65.2 Å². The third kappa shape index (κ3) is 5.14. The summed E-state index contributed by atoms with van der Waals surface area (Å²) in [4.78, 5) is 11.6. The lowest BCUT2D eigenvalue weighted by atomic mass is 10.0. The number of carbonyl (C=O) groups is 1. The van der Waals surface area contributed by atoms with Crippen LogP contribution < -0.4 is 5.32 Å². The van der Waals surface area contributed by atoms with Crippen molar-refractivity contribution in [2.24, 2.45) is 0 Å². The number of aliphatic hydroxyl groups is 2. The third-order valence-electron chi connectivity index (χ3n) is 3.70. The lowest BCUT2D eigenvalue weighted by Gasteiger charge is -2.19. The molecule has 0 aliphatic carbocycles. The van der Waals surface area contributed by atoms with E-state index in [4.69, 9.17) is 9.84 Å². The van der Waals surface area contributed by atoms with Crippen LogP contribution in [0.15, 0.2) is 42.5 Å². The summed E-state index contributed by atoms with van der Waals surface area (Å²) in [6.07, 6.45) is -4.00. The number of phenolic OH excluding ortho intramolecular Hbond substituents is 1. The molecule has 8 heteroatoms. The van der Waals surface area contributed by atoms with E-state index in [1.165, 1.54) is 0 Å². The fraction of sp³-hybridized carbons (Fsp3) is 0.278. The van der Waals surface area contributed by atoms with E-state index in [-0.39, 0.29) is 19.6 Å². The summed E-state index contributed by atoms with van der Waals surface area (Å²) in [5.41, 5.74) is 0.322. The zero-order valence-corrected chi connectivity index (χ0v) is 13.7. The van der Waals surface area contributed by atoms with Gasteiger partial charge in [0.05, 0.1) is 6.10 Å². The van der Waals surface area contributed by atoms with E-state index < -0.39 is 41.2 Å². The molecule has 0 heterocycles. The maximum absolute atomic E-state index is 13.7. The Morgan fingerprint density at radius 3 is 2.46 bits per heavy atom. The van der Waals surface area contributed by atoms with Gasteiger partial charge in [-0.15, -0.1) is 0 Å². The first-order valence-corrected chi connectivity index (χ1v) is 7.87. The number of aromatic hydroxyl groups is 1. The number of alkyl carbamates (subject to hydrolysis) is 1. The highest BCUT2D eigenvalue weighted by Gasteiger charge is 2.24.